The third-order valence-electron chi connectivity index (χ3n) is 5.03. The van der Waals surface area contributed by atoms with E-state index < -0.39 is 0 Å². The molecule has 0 saturated heterocycles. The Morgan fingerprint density at radius 2 is 1.94 bits per heavy atom. The monoisotopic (exact) mass is 427 g/mol. The first-order chi connectivity index (χ1) is 15.3. The minimum absolute atomic E-state index is 0.147. The van der Waals surface area contributed by atoms with Crippen LogP contribution in [0.4, 0.5) is 0 Å². The van der Waals surface area contributed by atoms with Crippen molar-refractivity contribution in [2.75, 3.05) is 0 Å². The molecule has 1 unspecified atom stereocenters. The van der Waals surface area contributed by atoms with E-state index in [1.807, 2.05) is 29.8 Å². The van der Waals surface area contributed by atoms with Gasteiger partial charge in [0.25, 0.3) is 0 Å². The standard InChI is InChI=1S/C23H21N7S/c1-2-3-6-19(13-14-31)23-24-16-25-30(23)15-17-9-11-18(12-10-17)20-7-4-5-8-21(20)22-26-28-29-27-22/h4-5,7-12,14,16,19H,6,13,15H2,1H3,(H,26,27,28,29). The van der Waals surface area contributed by atoms with E-state index in [-0.39, 0.29) is 5.92 Å². The van der Waals surface area contributed by atoms with Crippen LogP contribution in [0.2, 0.25) is 0 Å². The molecule has 4 rings (SSSR count). The molecule has 2 aromatic carbocycles. The van der Waals surface area contributed by atoms with Crippen LogP contribution >= 0.6 is 12.2 Å². The topological polar surface area (TPSA) is 85.2 Å². The summed E-state index contributed by atoms with van der Waals surface area (Å²) in [6.45, 7) is 2.48. The zero-order valence-electron chi connectivity index (χ0n) is 17.1. The Labute approximate surface area is 185 Å². The van der Waals surface area contributed by atoms with Crippen LogP contribution in [0.3, 0.4) is 0 Å². The Balaban J connectivity index is 1.57. The highest BCUT2D eigenvalue weighted by atomic mass is 32.1. The van der Waals surface area contributed by atoms with Crippen LogP contribution in [0.1, 0.15) is 37.1 Å². The third kappa shape index (κ3) is 4.73. The average molecular weight is 428 g/mol. The van der Waals surface area contributed by atoms with Gasteiger partial charge in [0, 0.05) is 17.9 Å². The Morgan fingerprint density at radius 3 is 2.65 bits per heavy atom. The van der Waals surface area contributed by atoms with Gasteiger partial charge in [0.05, 0.1) is 6.54 Å². The van der Waals surface area contributed by atoms with E-state index in [2.05, 4.69) is 72.9 Å². The smallest absolute Gasteiger partial charge is 0.205 e. The van der Waals surface area contributed by atoms with Crippen LogP contribution in [0.5, 0.6) is 0 Å². The van der Waals surface area contributed by atoms with Gasteiger partial charge >= 0.3 is 0 Å². The Kier molecular flexibility index (Phi) is 6.55. The van der Waals surface area contributed by atoms with Crippen molar-refractivity contribution in [3.05, 3.63) is 66.2 Å². The number of rotatable bonds is 8. The van der Waals surface area contributed by atoms with Gasteiger partial charge < -0.3 is 0 Å². The van der Waals surface area contributed by atoms with Crippen LogP contribution in [0, 0.1) is 11.8 Å². The van der Waals surface area contributed by atoms with Gasteiger partial charge in [-0.15, -0.1) is 22.0 Å². The van der Waals surface area contributed by atoms with Crippen LogP contribution in [-0.4, -0.2) is 40.8 Å². The number of aromatic amines is 1. The molecule has 0 saturated carbocycles. The number of benzene rings is 2. The number of tetrazole rings is 1. The van der Waals surface area contributed by atoms with Crippen molar-refractivity contribution in [3.63, 3.8) is 0 Å². The zero-order chi connectivity index (χ0) is 21.5. The molecule has 4 aromatic rings. The fraction of sp³-hybridized carbons (Fsp3) is 0.217. The fourth-order valence-corrected chi connectivity index (χ4v) is 3.73. The van der Waals surface area contributed by atoms with Gasteiger partial charge in [-0.3, -0.25) is 0 Å². The highest BCUT2D eigenvalue weighted by Crippen LogP contribution is 2.30. The predicted octanol–water partition coefficient (Wildman–Crippen LogP) is 4.06. The van der Waals surface area contributed by atoms with Gasteiger partial charge in [-0.05, 0) is 40.6 Å². The molecule has 1 N–H and O–H groups in total. The molecule has 2 aromatic heterocycles. The maximum Gasteiger partial charge on any atom is 0.205 e. The molecule has 0 aliphatic rings. The van der Waals surface area contributed by atoms with E-state index in [1.165, 1.54) is 0 Å². The first kappa shape index (κ1) is 20.6. The summed E-state index contributed by atoms with van der Waals surface area (Å²) in [7, 11) is 0. The van der Waals surface area contributed by atoms with Crippen molar-refractivity contribution in [1.29, 1.82) is 0 Å². The molecule has 0 fully saturated rings. The number of nitrogens with zero attached hydrogens (tertiary/aromatic N) is 6. The summed E-state index contributed by atoms with van der Waals surface area (Å²) in [6, 6.07) is 16.4. The van der Waals surface area contributed by atoms with E-state index >= 15 is 0 Å². The highest BCUT2D eigenvalue weighted by molar-refractivity contribution is 7.78. The van der Waals surface area contributed by atoms with Crippen LogP contribution < -0.4 is 0 Å². The van der Waals surface area contributed by atoms with Crippen LogP contribution in [-0.2, 0) is 6.54 Å². The maximum absolute atomic E-state index is 5.08. The minimum atomic E-state index is 0.147. The summed E-state index contributed by atoms with van der Waals surface area (Å²) < 4.78 is 1.93. The van der Waals surface area contributed by atoms with Gasteiger partial charge in [-0.1, -0.05) is 60.7 Å². The first-order valence-corrected chi connectivity index (χ1v) is 10.4. The molecule has 154 valence electrons. The first-order valence-electron chi connectivity index (χ1n) is 9.93. The van der Waals surface area contributed by atoms with Gasteiger partial charge in [0.1, 0.15) is 12.2 Å². The molecule has 7 nitrogen and oxygen atoms in total. The third-order valence-corrected chi connectivity index (χ3v) is 5.22. The van der Waals surface area contributed by atoms with Crippen molar-refractivity contribution in [3.8, 4) is 34.4 Å². The van der Waals surface area contributed by atoms with Gasteiger partial charge in [0.2, 0.25) is 5.82 Å². The second kappa shape index (κ2) is 9.87. The molecular formula is C23H21N7S. The molecule has 0 aliphatic carbocycles. The van der Waals surface area contributed by atoms with Crippen molar-refractivity contribution >= 4 is 17.6 Å². The second-order valence-corrected chi connectivity index (χ2v) is 7.32. The molecule has 0 aliphatic heterocycles. The molecule has 8 heteroatoms. The van der Waals surface area contributed by atoms with Gasteiger partial charge in [-0.2, -0.15) is 10.3 Å². The molecular weight excluding hydrogens is 406 g/mol. The lowest BCUT2D eigenvalue weighted by Crippen LogP contribution is -2.12. The largest absolute Gasteiger partial charge is 0.245 e. The number of hydrogen-bond acceptors (Lipinski definition) is 6. The summed E-state index contributed by atoms with van der Waals surface area (Å²) in [5.41, 5.74) is 4.20. The lowest BCUT2D eigenvalue weighted by atomic mass is 9.98. The lowest BCUT2D eigenvalue weighted by Gasteiger charge is -2.13. The van der Waals surface area contributed by atoms with E-state index in [1.54, 1.807) is 11.7 Å². The van der Waals surface area contributed by atoms with Crippen molar-refractivity contribution in [2.45, 2.75) is 32.2 Å². The molecule has 0 spiro atoms. The lowest BCUT2D eigenvalue weighted by molar-refractivity contribution is 0.580. The van der Waals surface area contributed by atoms with Crippen LogP contribution in [0.25, 0.3) is 22.5 Å². The Morgan fingerprint density at radius 1 is 1.13 bits per heavy atom. The number of aromatic nitrogens is 7. The molecule has 2 heterocycles. The summed E-state index contributed by atoms with van der Waals surface area (Å²) >= 11 is 5.08. The fourth-order valence-electron chi connectivity index (χ4n) is 3.50. The number of thiocarbonyl (C=S) groups is 1. The van der Waals surface area contributed by atoms with Crippen molar-refractivity contribution in [1.82, 2.24) is 35.4 Å². The molecule has 0 bridgehead atoms. The minimum Gasteiger partial charge on any atom is -0.245 e. The summed E-state index contributed by atoms with van der Waals surface area (Å²) in [5.74, 6) is 7.73. The molecule has 1 atom stereocenters. The van der Waals surface area contributed by atoms with Crippen molar-refractivity contribution < 1.29 is 0 Å². The number of nitrogens with one attached hydrogen (secondary N) is 1. The molecule has 0 amide bonds. The van der Waals surface area contributed by atoms with E-state index in [0.29, 0.717) is 18.8 Å². The maximum atomic E-state index is 5.08. The normalized spacial score (nSPS) is 11.5. The Bertz CT molecular complexity index is 1200. The number of H-pyrrole nitrogens is 1. The quantitative estimate of drug-likeness (QED) is 0.337. The van der Waals surface area contributed by atoms with Crippen molar-refractivity contribution in [2.24, 2.45) is 0 Å². The summed E-state index contributed by atoms with van der Waals surface area (Å²) in [4.78, 5) is 4.48. The summed E-state index contributed by atoms with van der Waals surface area (Å²) in [5, 5.41) is 20.6. The highest BCUT2D eigenvalue weighted by Gasteiger charge is 2.17. The van der Waals surface area contributed by atoms with Crippen LogP contribution in [0.15, 0.2) is 54.9 Å². The SMILES string of the molecule is CC#CCC(CC=S)c1ncnn1Cc1ccc(-c2ccccc2-c2nn[nH]n2)cc1. The predicted molar refractivity (Wildman–Crippen MR) is 123 cm³/mol. The average Bonchev–Trinajstić information content (AvgIpc) is 3.50. The van der Waals surface area contributed by atoms with E-state index in [9.17, 15) is 0 Å². The zero-order valence-corrected chi connectivity index (χ0v) is 17.9. The molecule has 31 heavy (non-hydrogen) atoms. The van der Waals surface area contributed by atoms with Gasteiger partial charge in [-0.25, -0.2) is 9.67 Å². The van der Waals surface area contributed by atoms with E-state index in [0.717, 1.165) is 34.5 Å². The summed E-state index contributed by atoms with van der Waals surface area (Å²) in [6.07, 6.45) is 3.06. The molecule has 0 radical (unpaired) electrons. The number of hydrogen-bond donors (Lipinski definition) is 1. The van der Waals surface area contributed by atoms with Gasteiger partial charge in [0.15, 0.2) is 0 Å². The Hall–Kier alpha value is -3.70. The van der Waals surface area contributed by atoms with E-state index in [4.69, 9.17) is 12.2 Å². The second-order valence-electron chi connectivity index (χ2n) is 6.98.